The molecule has 3 aromatic rings. The number of thioether (sulfide) groups is 1. The number of rotatable bonds is 5. The van der Waals surface area contributed by atoms with Crippen molar-refractivity contribution in [3.8, 4) is 5.69 Å². The van der Waals surface area contributed by atoms with Crippen LogP contribution in [-0.2, 0) is 5.75 Å². The third kappa shape index (κ3) is 3.86. The number of aromatic nitrogens is 2. The van der Waals surface area contributed by atoms with Crippen molar-refractivity contribution in [2.24, 2.45) is 0 Å². The van der Waals surface area contributed by atoms with Crippen molar-refractivity contribution in [2.45, 2.75) is 30.9 Å². The summed E-state index contributed by atoms with van der Waals surface area (Å²) in [5.74, 6) is -3.85. The Bertz CT molecular complexity index is 971. The van der Waals surface area contributed by atoms with Crippen LogP contribution in [0.25, 0.3) is 5.69 Å². The van der Waals surface area contributed by atoms with E-state index in [0.29, 0.717) is 22.2 Å². The van der Waals surface area contributed by atoms with Crippen molar-refractivity contribution < 1.29 is 22.7 Å². The minimum absolute atomic E-state index is 0.202. The maximum atomic E-state index is 13.9. The third-order valence-corrected chi connectivity index (χ3v) is 5.00. The van der Waals surface area contributed by atoms with Crippen molar-refractivity contribution in [1.82, 2.24) is 9.55 Å². The van der Waals surface area contributed by atoms with Gasteiger partial charge < -0.3 is 5.11 Å². The van der Waals surface area contributed by atoms with Gasteiger partial charge in [-0.15, -0.1) is 0 Å². The molecule has 1 heterocycles. The van der Waals surface area contributed by atoms with Gasteiger partial charge in [-0.2, -0.15) is 0 Å². The lowest BCUT2D eigenvalue weighted by atomic mass is 10.2. The molecule has 3 nitrogen and oxygen atoms in total. The normalized spacial score (nSPS) is 12.4. The zero-order valence-electron chi connectivity index (χ0n) is 14.5. The molecule has 8 heteroatoms. The standard InChI is InChI=1S/C19H16F4N2OS/c1-10-18(11(2)26)25(13-5-3-12(20)4-6-13)19(24-10)27-9-14-15(21)7-8-16(22)17(14)23/h3-8,11,26H,9H2,1-2H3. The van der Waals surface area contributed by atoms with Crippen molar-refractivity contribution in [3.05, 3.63) is 76.6 Å². The van der Waals surface area contributed by atoms with Crippen LogP contribution in [0.15, 0.2) is 41.6 Å². The minimum Gasteiger partial charge on any atom is -0.387 e. The molecule has 142 valence electrons. The molecule has 0 bridgehead atoms. The van der Waals surface area contributed by atoms with Crippen molar-refractivity contribution in [1.29, 1.82) is 0 Å². The fourth-order valence-electron chi connectivity index (χ4n) is 2.78. The van der Waals surface area contributed by atoms with E-state index in [9.17, 15) is 22.7 Å². The second-order valence-corrected chi connectivity index (χ2v) is 6.91. The molecular weight excluding hydrogens is 380 g/mol. The molecular formula is C19H16F4N2OS. The van der Waals surface area contributed by atoms with Gasteiger partial charge in [0.05, 0.1) is 17.5 Å². The van der Waals surface area contributed by atoms with E-state index in [4.69, 9.17) is 0 Å². The number of nitrogens with zero attached hydrogens (tertiary/aromatic N) is 2. The molecule has 0 spiro atoms. The average molecular weight is 396 g/mol. The molecule has 0 saturated heterocycles. The SMILES string of the molecule is Cc1nc(SCc2c(F)ccc(F)c2F)n(-c2ccc(F)cc2)c1C(C)O. The monoisotopic (exact) mass is 396 g/mol. The van der Waals surface area contributed by atoms with Gasteiger partial charge in [-0.3, -0.25) is 4.57 Å². The molecule has 1 N–H and O–H groups in total. The van der Waals surface area contributed by atoms with Crippen LogP contribution in [-0.4, -0.2) is 14.7 Å². The maximum Gasteiger partial charge on any atom is 0.173 e. The van der Waals surface area contributed by atoms with Crippen LogP contribution in [0, 0.1) is 30.2 Å². The molecule has 1 aromatic heterocycles. The highest BCUT2D eigenvalue weighted by Crippen LogP contribution is 2.32. The van der Waals surface area contributed by atoms with E-state index >= 15 is 0 Å². The fraction of sp³-hybridized carbons (Fsp3) is 0.211. The molecule has 27 heavy (non-hydrogen) atoms. The zero-order valence-corrected chi connectivity index (χ0v) is 15.3. The second kappa shape index (κ2) is 7.74. The van der Waals surface area contributed by atoms with Crippen LogP contribution in [0.1, 0.15) is 30.0 Å². The first-order valence-electron chi connectivity index (χ1n) is 8.08. The molecule has 3 rings (SSSR count). The third-order valence-electron chi connectivity index (χ3n) is 4.03. The molecule has 2 aromatic carbocycles. The molecule has 0 aliphatic carbocycles. The summed E-state index contributed by atoms with van der Waals surface area (Å²) in [6, 6.07) is 7.14. The first-order valence-corrected chi connectivity index (χ1v) is 9.06. The number of hydrogen-bond acceptors (Lipinski definition) is 3. The smallest absolute Gasteiger partial charge is 0.173 e. The van der Waals surface area contributed by atoms with E-state index in [2.05, 4.69) is 4.98 Å². The Hall–Kier alpha value is -2.32. The predicted octanol–water partition coefficient (Wildman–Crippen LogP) is 5.08. The van der Waals surface area contributed by atoms with Gasteiger partial charge in [0.2, 0.25) is 0 Å². The average Bonchev–Trinajstić information content (AvgIpc) is 2.95. The highest BCUT2D eigenvalue weighted by Gasteiger charge is 2.21. The Labute approximate surface area is 157 Å². The molecule has 0 amide bonds. The Morgan fingerprint density at radius 1 is 1.04 bits per heavy atom. The fourth-order valence-corrected chi connectivity index (χ4v) is 3.85. The summed E-state index contributed by atoms with van der Waals surface area (Å²) in [7, 11) is 0. The van der Waals surface area contributed by atoms with Gasteiger partial charge in [0, 0.05) is 17.0 Å². The number of halogens is 4. The Morgan fingerprint density at radius 3 is 2.30 bits per heavy atom. The summed E-state index contributed by atoms with van der Waals surface area (Å²) in [4.78, 5) is 4.36. The summed E-state index contributed by atoms with van der Waals surface area (Å²) >= 11 is 0.989. The van der Waals surface area contributed by atoms with Gasteiger partial charge in [-0.25, -0.2) is 22.5 Å². The topological polar surface area (TPSA) is 38.0 Å². The van der Waals surface area contributed by atoms with Gasteiger partial charge >= 0.3 is 0 Å². The number of imidazole rings is 1. The number of aliphatic hydroxyl groups excluding tert-OH is 1. The van der Waals surface area contributed by atoms with E-state index in [1.165, 1.54) is 24.3 Å². The molecule has 0 aliphatic rings. The predicted molar refractivity (Wildman–Crippen MR) is 94.8 cm³/mol. The van der Waals surface area contributed by atoms with Crippen LogP contribution >= 0.6 is 11.8 Å². The van der Waals surface area contributed by atoms with E-state index in [1.54, 1.807) is 18.4 Å². The van der Waals surface area contributed by atoms with Gasteiger partial charge in [0.15, 0.2) is 16.8 Å². The highest BCUT2D eigenvalue weighted by molar-refractivity contribution is 7.98. The van der Waals surface area contributed by atoms with E-state index in [-0.39, 0.29) is 5.75 Å². The maximum absolute atomic E-state index is 13.9. The van der Waals surface area contributed by atoms with Crippen LogP contribution < -0.4 is 0 Å². The molecule has 1 atom stereocenters. The van der Waals surface area contributed by atoms with Crippen molar-refractivity contribution in [3.63, 3.8) is 0 Å². The van der Waals surface area contributed by atoms with Gasteiger partial charge in [0.1, 0.15) is 11.6 Å². The van der Waals surface area contributed by atoms with Crippen LogP contribution in [0.3, 0.4) is 0 Å². The Kier molecular flexibility index (Phi) is 5.57. The molecule has 0 saturated carbocycles. The van der Waals surface area contributed by atoms with Gasteiger partial charge in [-0.1, -0.05) is 11.8 Å². The summed E-state index contributed by atoms with van der Waals surface area (Å²) in [6.45, 7) is 3.25. The van der Waals surface area contributed by atoms with Crippen molar-refractivity contribution >= 4 is 11.8 Å². The summed E-state index contributed by atoms with van der Waals surface area (Å²) in [5, 5.41) is 10.5. The Morgan fingerprint density at radius 2 is 1.67 bits per heavy atom. The molecule has 0 fully saturated rings. The molecule has 1 unspecified atom stereocenters. The number of aliphatic hydroxyl groups is 1. The molecule has 0 radical (unpaired) electrons. The minimum atomic E-state index is -1.24. The van der Waals surface area contributed by atoms with Crippen LogP contribution in [0.5, 0.6) is 0 Å². The Balaban J connectivity index is 2.02. The summed E-state index contributed by atoms with van der Waals surface area (Å²) < 4.78 is 56.1. The van der Waals surface area contributed by atoms with Gasteiger partial charge in [-0.05, 0) is 50.2 Å². The second-order valence-electron chi connectivity index (χ2n) is 5.96. The molecule has 0 aliphatic heterocycles. The first-order chi connectivity index (χ1) is 12.8. The highest BCUT2D eigenvalue weighted by atomic mass is 32.2. The van der Waals surface area contributed by atoms with E-state index in [1.807, 2.05) is 0 Å². The van der Waals surface area contributed by atoms with E-state index in [0.717, 1.165) is 23.9 Å². The number of aryl methyl sites for hydroxylation is 1. The van der Waals surface area contributed by atoms with Crippen molar-refractivity contribution in [2.75, 3.05) is 0 Å². The lowest BCUT2D eigenvalue weighted by molar-refractivity contribution is 0.191. The number of hydrogen-bond donors (Lipinski definition) is 1. The lowest BCUT2D eigenvalue weighted by Crippen LogP contribution is -2.06. The van der Waals surface area contributed by atoms with Crippen LogP contribution in [0.2, 0.25) is 0 Å². The quantitative estimate of drug-likeness (QED) is 0.371. The summed E-state index contributed by atoms with van der Waals surface area (Å²) in [5.41, 5.74) is 1.14. The van der Waals surface area contributed by atoms with Gasteiger partial charge in [0.25, 0.3) is 0 Å². The number of benzene rings is 2. The lowest BCUT2D eigenvalue weighted by Gasteiger charge is -2.14. The first kappa shape index (κ1) is 19.4. The zero-order chi connectivity index (χ0) is 19.7. The van der Waals surface area contributed by atoms with Crippen LogP contribution in [0.4, 0.5) is 17.6 Å². The van der Waals surface area contributed by atoms with E-state index < -0.39 is 34.9 Å². The summed E-state index contributed by atoms with van der Waals surface area (Å²) in [6.07, 6.45) is -0.875. The largest absolute Gasteiger partial charge is 0.387 e.